The van der Waals surface area contributed by atoms with Crippen LogP contribution in [0.25, 0.3) is 0 Å². The molecule has 0 amide bonds. The molecule has 0 spiro atoms. The number of nitrogens with zero attached hydrogens (tertiary/aromatic N) is 1. The molecule has 1 aliphatic carbocycles. The highest BCUT2D eigenvalue weighted by molar-refractivity contribution is 4.91. The third kappa shape index (κ3) is 2.28. The summed E-state index contributed by atoms with van der Waals surface area (Å²) >= 11 is 0. The molecule has 82 valence electrons. The Morgan fingerprint density at radius 2 is 2.14 bits per heavy atom. The van der Waals surface area contributed by atoms with Crippen molar-refractivity contribution in [1.82, 2.24) is 4.90 Å². The first-order chi connectivity index (χ1) is 6.60. The summed E-state index contributed by atoms with van der Waals surface area (Å²) in [6, 6.07) is 0. The van der Waals surface area contributed by atoms with Gasteiger partial charge >= 0.3 is 0 Å². The molecule has 1 aliphatic heterocycles. The molecule has 0 radical (unpaired) electrons. The average molecular weight is 199 g/mol. The van der Waals surface area contributed by atoms with Crippen molar-refractivity contribution in [3.8, 4) is 0 Å². The van der Waals surface area contributed by atoms with Gasteiger partial charge in [-0.15, -0.1) is 0 Å². The predicted octanol–water partition coefficient (Wildman–Crippen LogP) is 2.86. The molecule has 1 saturated heterocycles. The lowest BCUT2D eigenvalue weighted by molar-refractivity contribution is 0.00651. The van der Waals surface area contributed by atoms with Crippen LogP contribution in [0.4, 0.5) is 4.39 Å². The third-order valence-corrected chi connectivity index (χ3v) is 3.80. The fourth-order valence-electron chi connectivity index (χ4n) is 2.42. The van der Waals surface area contributed by atoms with Gasteiger partial charge in [-0.1, -0.05) is 13.8 Å². The van der Waals surface area contributed by atoms with E-state index in [1.165, 1.54) is 12.8 Å². The Kier molecular flexibility index (Phi) is 2.83. The van der Waals surface area contributed by atoms with E-state index in [2.05, 4.69) is 4.90 Å². The minimum atomic E-state index is -0.910. The van der Waals surface area contributed by atoms with Crippen LogP contribution in [-0.2, 0) is 0 Å². The molecule has 0 bridgehead atoms. The number of alkyl halides is 1. The summed E-state index contributed by atoms with van der Waals surface area (Å²) in [6.45, 7) is 6.98. The quantitative estimate of drug-likeness (QED) is 0.675. The van der Waals surface area contributed by atoms with E-state index in [1.807, 2.05) is 13.8 Å². The van der Waals surface area contributed by atoms with Crippen molar-refractivity contribution in [3.05, 3.63) is 0 Å². The second-order valence-electron chi connectivity index (χ2n) is 5.47. The van der Waals surface area contributed by atoms with Crippen LogP contribution in [-0.4, -0.2) is 30.2 Å². The van der Waals surface area contributed by atoms with Crippen molar-refractivity contribution >= 4 is 0 Å². The van der Waals surface area contributed by atoms with Crippen molar-refractivity contribution in [2.24, 2.45) is 11.8 Å². The Hall–Kier alpha value is -0.110. The van der Waals surface area contributed by atoms with Crippen LogP contribution in [0.1, 0.15) is 39.5 Å². The zero-order valence-corrected chi connectivity index (χ0v) is 9.43. The Balaban J connectivity index is 1.88. The first kappa shape index (κ1) is 10.4. The number of rotatable bonds is 3. The lowest BCUT2D eigenvalue weighted by Crippen LogP contribution is -2.48. The molecule has 1 nitrogen and oxygen atoms in total. The van der Waals surface area contributed by atoms with E-state index in [0.717, 1.165) is 31.8 Å². The molecule has 1 saturated carbocycles. The lowest BCUT2D eigenvalue weighted by atomic mass is 9.84. The Morgan fingerprint density at radius 1 is 1.43 bits per heavy atom. The average Bonchev–Trinajstić information content (AvgIpc) is 2.88. The summed E-state index contributed by atoms with van der Waals surface area (Å²) in [5.74, 6) is 1.06. The summed E-state index contributed by atoms with van der Waals surface area (Å²) in [4.78, 5) is 2.35. The van der Waals surface area contributed by atoms with Crippen molar-refractivity contribution in [2.75, 3.05) is 19.6 Å². The fraction of sp³-hybridized carbons (Fsp3) is 1.00. The zero-order chi connectivity index (χ0) is 10.2. The van der Waals surface area contributed by atoms with Crippen molar-refractivity contribution in [2.45, 2.75) is 45.2 Å². The van der Waals surface area contributed by atoms with E-state index < -0.39 is 5.67 Å². The van der Waals surface area contributed by atoms with Crippen LogP contribution in [0, 0.1) is 11.8 Å². The molecule has 0 aromatic heterocycles. The van der Waals surface area contributed by atoms with Crippen molar-refractivity contribution in [3.63, 3.8) is 0 Å². The van der Waals surface area contributed by atoms with Gasteiger partial charge in [-0.3, -0.25) is 4.90 Å². The van der Waals surface area contributed by atoms with Gasteiger partial charge in [0.2, 0.25) is 0 Å². The first-order valence-corrected chi connectivity index (χ1v) is 6.01. The van der Waals surface area contributed by atoms with E-state index >= 15 is 0 Å². The van der Waals surface area contributed by atoms with Gasteiger partial charge in [-0.05, 0) is 44.1 Å². The van der Waals surface area contributed by atoms with Gasteiger partial charge in [-0.25, -0.2) is 4.39 Å². The van der Waals surface area contributed by atoms with Crippen LogP contribution in [0.15, 0.2) is 0 Å². The summed E-state index contributed by atoms with van der Waals surface area (Å²) in [6.07, 6.45) is 4.56. The molecule has 2 aliphatic rings. The molecule has 2 fully saturated rings. The van der Waals surface area contributed by atoms with Crippen LogP contribution < -0.4 is 0 Å². The lowest BCUT2D eigenvalue weighted by Gasteiger charge is -2.40. The highest BCUT2D eigenvalue weighted by Gasteiger charge is 2.39. The van der Waals surface area contributed by atoms with Gasteiger partial charge in [0.05, 0.1) is 0 Å². The molecular formula is C12H22FN. The van der Waals surface area contributed by atoms with Gasteiger partial charge in [0.15, 0.2) is 0 Å². The zero-order valence-electron chi connectivity index (χ0n) is 9.43. The van der Waals surface area contributed by atoms with Crippen molar-refractivity contribution < 1.29 is 4.39 Å². The maximum Gasteiger partial charge on any atom is 0.126 e. The summed E-state index contributed by atoms with van der Waals surface area (Å²) in [5.41, 5.74) is -0.910. The van der Waals surface area contributed by atoms with Gasteiger partial charge in [-0.2, -0.15) is 0 Å². The van der Waals surface area contributed by atoms with Crippen LogP contribution in [0.3, 0.4) is 0 Å². The normalized spacial score (nSPS) is 35.1. The number of hydrogen-bond acceptors (Lipinski definition) is 1. The molecule has 2 rings (SSSR count). The number of halogens is 1. The first-order valence-electron chi connectivity index (χ1n) is 6.01. The van der Waals surface area contributed by atoms with Crippen LogP contribution in [0.2, 0.25) is 0 Å². The van der Waals surface area contributed by atoms with Gasteiger partial charge in [0.1, 0.15) is 5.67 Å². The third-order valence-electron chi connectivity index (χ3n) is 3.80. The number of hydrogen-bond donors (Lipinski definition) is 0. The molecule has 0 aromatic carbocycles. The maximum atomic E-state index is 14.4. The molecule has 0 aromatic rings. The predicted molar refractivity (Wildman–Crippen MR) is 57.1 cm³/mol. The van der Waals surface area contributed by atoms with E-state index in [0.29, 0.717) is 6.54 Å². The van der Waals surface area contributed by atoms with Crippen LogP contribution >= 0.6 is 0 Å². The topological polar surface area (TPSA) is 3.24 Å². The van der Waals surface area contributed by atoms with E-state index in [9.17, 15) is 4.39 Å². The number of piperidine rings is 1. The summed E-state index contributed by atoms with van der Waals surface area (Å²) < 4.78 is 14.4. The van der Waals surface area contributed by atoms with E-state index in [4.69, 9.17) is 0 Å². The Bertz CT molecular complexity index is 200. The molecule has 1 heterocycles. The van der Waals surface area contributed by atoms with Crippen molar-refractivity contribution in [1.29, 1.82) is 0 Å². The highest BCUT2D eigenvalue weighted by atomic mass is 19.1. The van der Waals surface area contributed by atoms with Gasteiger partial charge in [0, 0.05) is 13.1 Å². The standard InChI is InChI=1S/C12H22FN/c1-10(2)12(13)6-3-7-14(9-12)8-11-4-5-11/h10-11H,3-9H2,1-2H3/t12-/m1/s1. The van der Waals surface area contributed by atoms with Gasteiger partial charge in [0.25, 0.3) is 0 Å². The molecule has 1 atom stereocenters. The molecular weight excluding hydrogens is 177 g/mol. The summed E-state index contributed by atoms with van der Waals surface area (Å²) in [7, 11) is 0. The highest BCUT2D eigenvalue weighted by Crippen LogP contribution is 2.35. The molecule has 2 heteroatoms. The molecule has 14 heavy (non-hydrogen) atoms. The van der Waals surface area contributed by atoms with Crippen LogP contribution in [0.5, 0.6) is 0 Å². The number of likely N-dealkylation sites (tertiary alicyclic amines) is 1. The minimum Gasteiger partial charge on any atom is -0.300 e. The monoisotopic (exact) mass is 199 g/mol. The maximum absolute atomic E-state index is 14.4. The second kappa shape index (κ2) is 3.80. The Labute approximate surface area is 86.7 Å². The summed E-state index contributed by atoms with van der Waals surface area (Å²) in [5, 5.41) is 0. The van der Waals surface area contributed by atoms with E-state index in [1.54, 1.807) is 0 Å². The Morgan fingerprint density at radius 3 is 2.71 bits per heavy atom. The van der Waals surface area contributed by atoms with Gasteiger partial charge < -0.3 is 0 Å². The van der Waals surface area contributed by atoms with E-state index in [-0.39, 0.29) is 5.92 Å². The fourth-order valence-corrected chi connectivity index (χ4v) is 2.42. The largest absolute Gasteiger partial charge is 0.300 e. The SMILES string of the molecule is CC(C)[C@@]1(F)CCCN(CC2CC2)C1. The molecule has 0 unspecified atom stereocenters. The second-order valence-corrected chi connectivity index (χ2v) is 5.47. The smallest absolute Gasteiger partial charge is 0.126 e. The minimum absolute atomic E-state index is 0.171. The molecule has 0 N–H and O–H groups in total.